The van der Waals surface area contributed by atoms with Crippen LogP contribution in [0.15, 0.2) is 67.0 Å². The minimum atomic E-state index is -0.911. The molecule has 8 N–H and O–H groups in total. The predicted molar refractivity (Wildman–Crippen MR) is 153 cm³/mol. The largest absolute Gasteiger partial charge is 0.490 e. The number of aliphatic hydroxyl groups is 1. The van der Waals surface area contributed by atoms with E-state index in [1.54, 1.807) is 49.4 Å². The lowest BCUT2D eigenvalue weighted by Gasteiger charge is -2.22. The number of nitrogen functional groups attached to an aromatic ring is 1. The third-order valence-electron chi connectivity index (χ3n) is 5.22. The van der Waals surface area contributed by atoms with E-state index in [1.165, 1.54) is 24.5 Å². The number of pyridine rings is 1. The van der Waals surface area contributed by atoms with Gasteiger partial charge in [-0.3, -0.25) is 30.8 Å². The maximum Gasteiger partial charge on any atom is 0.269 e. The first kappa shape index (κ1) is 31.5. The zero-order valence-electron chi connectivity index (χ0n) is 22.9. The van der Waals surface area contributed by atoms with Crippen LogP contribution in [0, 0.1) is 5.41 Å². The van der Waals surface area contributed by atoms with Gasteiger partial charge in [-0.2, -0.15) is 0 Å². The Morgan fingerprint density at radius 2 is 1.65 bits per heavy atom. The summed E-state index contributed by atoms with van der Waals surface area (Å²) in [5, 5.41) is 21.3. The number of hydrogen-bond acceptors (Lipinski definition) is 9. The van der Waals surface area contributed by atoms with Crippen molar-refractivity contribution in [3.63, 3.8) is 0 Å². The van der Waals surface area contributed by atoms with Gasteiger partial charge in [-0.25, -0.2) is 0 Å². The molecule has 1 unspecified atom stereocenters. The lowest BCUT2D eigenvalue weighted by Crippen LogP contribution is -2.45. The van der Waals surface area contributed by atoms with Crippen LogP contribution in [-0.2, 0) is 4.79 Å². The highest BCUT2D eigenvalue weighted by Crippen LogP contribution is 2.32. The standard InChI is InChI=1S/C26H31N7O4.C2H6O/c1-3-36-22-16-19(6-9-21(22)37-15-14-29-2)23(31-20-7-4-17(5-8-20)24(27)28)26(35)33-32-25(34)18-10-12-30-13-11-18;1-2-3/h4-13,16,23,29,31H,3,14-15H2,1-2H3,(H3,27,28)(H,32,34)(H,33,35);3H,2H2,1H3. The highest BCUT2D eigenvalue weighted by molar-refractivity contribution is 5.97. The second kappa shape index (κ2) is 17.0. The van der Waals surface area contributed by atoms with Crippen LogP contribution < -0.4 is 36.7 Å². The summed E-state index contributed by atoms with van der Waals surface area (Å²) in [6.07, 6.45) is 2.97. The number of anilines is 1. The van der Waals surface area contributed by atoms with E-state index >= 15 is 0 Å². The third kappa shape index (κ3) is 9.89. The minimum absolute atomic E-state index is 0.0603. The second-order valence-electron chi connectivity index (χ2n) is 8.16. The maximum atomic E-state index is 13.3. The molecule has 0 radical (unpaired) electrons. The Balaban J connectivity index is 0.00000178. The molecule has 3 rings (SSSR count). The Hall–Kier alpha value is -4.68. The summed E-state index contributed by atoms with van der Waals surface area (Å²) >= 11 is 0. The van der Waals surface area contributed by atoms with Crippen molar-refractivity contribution in [2.45, 2.75) is 19.9 Å². The molecule has 0 fully saturated rings. The van der Waals surface area contributed by atoms with Crippen molar-refractivity contribution in [2.24, 2.45) is 5.73 Å². The average Bonchev–Trinajstić information content (AvgIpc) is 2.96. The average molecular weight is 552 g/mol. The van der Waals surface area contributed by atoms with Gasteiger partial charge in [-0.15, -0.1) is 0 Å². The molecule has 214 valence electrons. The molecule has 1 atom stereocenters. The smallest absolute Gasteiger partial charge is 0.269 e. The minimum Gasteiger partial charge on any atom is -0.490 e. The van der Waals surface area contributed by atoms with Gasteiger partial charge in [0.25, 0.3) is 11.8 Å². The zero-order valence-corrected chi connectivity index (χ0v) is 22.9. The molecule has 0 aliphatic carbocycles. The Bertz CT molecular complexity index is 1220. The maximum absolute atomic E-state index is 13.3. The number of nitrogens with zero attached hydrogens (tertiary/aromatic N) is 1. The molecular formula is C28H37N7O5. The van der Waals surface area contributed by atoms with Crippen LogP contribution >= 0.6 is 0 Å². The van der Waals surface area contributed by atoms with Crippen LogP contribution in [-0.4, -0.2) is 61.2 Å². The topological polar surface area (TPSA) is 184 Å². The van der Waals surface area contributed by atoms with E-state index in [9.17, 15) is 9.59 Å². The number of ether oxygens (including phenoxy) is 2. The number of aliphatic hydroxyl groups excluding tert-OH is 1. The fourth-order valence-electron chi connectivity index (χ4n) is 3.33. The number of nitrogens with two attached hydrogens (primary N) is 1. The van der Waals surface area contributed by atoms with Gasteiger partial charge in [0, 0.05) is 42.4 Å². The summed E-state index contributed by atoms with van der Waals surface area (Å²) in [7, 11) is 1.83. The number of nitrogens with one attached hydrogen (secondary N) is 5. The molecule has 2 aromatic carbocycles. The first-order chi connectivity index (χ1) is 19.3. The van der Waals surface area contributed by atoms with Crippen molar-refractivity contribution in [1.29, 1.82) is 5.41 Å². The van der Waals surface area contributed by atoms with Crippen molar-refractivity contribution < 1.29 is 24.2 Å². The number of amides is 2. The molecule has 0 bridgehead atoms. The Morgan fingerprint density at radius 3 is 2.25 bits per heavy atom. The molecule has 0 saturated carbocycles. The van der Waals surface area contributed by atoms with Crippen LogP contribution in [0.3, 0.4) is 0 Å². The fraction of sp³-hybridized carbons (Fsp3) is 0.286. The molecule has 3 aromatic rings. The van der Waals surface area contributed by atoms with E-state index in [-0.39, 0.29) is 12.4 Å². The number of carbonyl (C=O) groups excluding carboxylic acids is 2. The Labute approximate surface area is 233 Å². The van der Waals surface area contributed by atoms with Crippen molar-refractivity contribution in [3.8, 4) is 11.5 Å². The van der Waals surface area contributed by atoms with Gasteiger partial charge < -0.3 is 30.9 Å². The lowest BCUT2D eigenvalue weighted by molar-refractivity contribution is -0.122. The summed E-state index contributed by atoms with van der Waals surface area (Å²) in [6.45, 7) is 5.30. The van der Waals surface area contributed by atoms with Crippen LogP contribution in [0.1, 0.15) is 41.4 Å². The fourth-order valence-corrected chi connectivity index (χ4v) is 3.33. The Kier molecular flexibility index (Phi) is 13.4. The second-order valence-corrected chi connectivity index (χ2v) is 8.16. The number of likely N-dealkylation sites (N-methyl/N-ethyl adjacent to an activating group) is 1. The van der Waals surface area contributed by atoms with Crippen molar-refractivity contribution in [1.82, 2.24) is 21.2 Å². The van der Waals surface area contributed by atoms with Gasteiger partial charge in [0.05, 0.1) is 6.61 Å². The molecule has 1 aromatic heterocycles. The molecule has 12 heteroatoms. The number of hydrogen-bond donors (Lipinski definition) is 7. The van der Waals surface area contributed by atoms with E-state index < -0.39 is 17.9 Å². The first-order valence-electron chi connectivity index (χ1n) is 12.7. The molecule has 12 nitrogen and oxygen atoms in total. The highest BCUT2D eigenvalue weighted by Gasteiger charge is 2.23. The van der Waals surface area contributed by atoms with Gasteiger partial charge in [0.1, 0.15) is 18.5 Å². The SMILES string of the molecule is CCO.CCOc1cc(C(Nc2ccc(C(=N)N)cc2)C(=O)NNC(=O)c2ccncc2)ccc1OCCNC. The number of rotatable bonds is 12. The normalized spacial score (nSPS) is 10.8. The highest BCUT2D eigenvalue weighted by atomic mass is 16.5. The van der Waals surface area contributed by atoms with Crippen LogP contribution in [0.4, 0.5) is 5.69 Å². The van der Waals surface area contributed by atoms with Crippen LogP contribution in [0.5, 0.6) is 11.5 Å². The molecular weight excluding hydrogens is 514 g/mol. The van der Waals surface area contributed by atoms with E-state index in [2.05, 4.69) is 26.5 Å². The van der Waals surface area contributed by atoms with E-state index in [0.29, 0.717) is 53.6 Å². The molecule has 0 aliphatic heterocycles. The van der Waals surface area contributed by atoms with E-state index in [4.69, 9.17) is 25.7 Å². The van der Waals surface area contributed by atoms with Gasteiger partial charge in [0.15, 0.2) is 11.5 Å². The first-order valence-corrected chi connectivity index (χ1v) is 12.7. The molecule has 40 heavy (non-hydrogen) atoms. The number of amidine groups is 1. The number of benzene rings is 2. The van der Waals surface area contributed by atoms with Gasteiger partial charge in [-0.1, -0.05) is 6.07 Å². The van der Waals surface area contributed by atoms with Gasteiger partial charge >= 0.3 is 0 Å². The van der Waals surface area contributed by atoms with Gasteiger partial charge in [0.2, 0.25) is 0 Å². The summed E-state index contributed by atoms with van der Waals surface area (Å²) in [6, 6.07) is 14.2. The van der Waals surface area contributed by atoms with Crippen molar-refractivity contribution >= 4 is 23.3 Å². The molecule has 0 aliphatic rings. The lowest BCUT2D eigenvalue weighted by atomic mass is 10.0. The van der Waals surface area contributed by atoms with Gasteiger partial charge in [-0.05, 0) is 75.0 Å². The third-order valence-corrected chi connectivity index (χ3v) is 5.22. The monoisotopic (exact) mass is 551 g/mol. The summed E-state index contributed by atoms with van der Waals surface area (Å²) in [5.41, 5.74) is 12.6. The summed E-state index contributed by atoms with van der Waals surface area (Å²) in [5.74, 6) is -0.0110. The van der Waals surface area contributed by atoms with Crippen LogP contribution in [0.2, 0.25) is 0 Å². The van der Waals surface area contributed by atoms with E-state index in [0.717, 1.165) is 0 Å². The Morgan fingerprint density at radius 1 is 0.975 bits per heavy atom. The number of carbonyl (C=O) groups is 2. The molecule has 1 heterocycles. The summed E-state index contributed by atoms with van der Waals surface area (Å²) in [4.78, 5) is 29.6. The zero-order chi connectivity index (χ0) is 29.3. The van der Waals surface area contributed by atoms with E-state index in [1.807, 2.05) is 14.0 Å². The van der Waals surface area contributed by atoms with Crippen molar-refractivity contribution in [2.75, 3.05) is 38.7 Å². The molecule has 2 amide bonds. The molecule has 0 saturated heterocycles. The van der Waals surface area contributed by atoms with Crippen LogP contribution in [0.25, 0.3) is 0 Å². The number of hydrazine groups is 1. The van der Waals surface area contributed by atoms with Crippen molar-refractivity contribution in [3.05, 3.63) is 83.7 Å². The quantitative estimate of drug-likeness (QED) is 0.0765. The number of aromatic nitrogens is 1. The molecule has 0 spiro atoms. The summed E-state index contributed by atoms with van der Waals surface area (Å²) < 4.78 is 11.6. The predicted octanol–water partition coefficient (Wildman–Crippen LogP) is 1.98.